The van der Waals surface area contributed by atoms with Gasteiger partial charge in [0.15, 0.2) is 6.61 Å². The van der Waals surface area contributed by atoms with Crippen LogP contribution in [0.5, 0.6) is 0 Å². The first-order valence-corrected chi connectivity index (χ1v) is 11.8. The van der Waals surface area contributed by atoms with Crippen LogP contribution in [0.3, 0.4) is 0 Å². The summed E-state index contributed by atoms with van der Waals surface area (Å²) in [6, 6.07) is 7.37. The van der Waals surface area contributed by atoms with E-state index in [0.29, 0.717) is 17.2 Å². The monoisotopic (exact) mass is 434 g/mol. The van der Waals surface area contributed by atoms with Crippen molar-refractivity contribution in [2.24, 2.45) is 5.92 Å². The van der Waals surface area contributed by atoms with E-state index in [1.54, 1.807) is 35.2 Å². The number of carbonyl (C=O) groups is 2. The van der Waals surface area contributed by atoms with Crippen molar-refractivity contribution in [2.45, 2.75) is 63.6 Å². The standard InChI is InChI=1S/C22H30N2O3S2/c1-15(2)8-7-9-16(3)23-21(25)12-27-22(26)19-10-5-6-11-20(19)29-14-18-13-28-17(4)24-18/h5-6,10-11,13,15-16H,7-9,12,14H2,1-4H3,(H,23,25). The third kappa shape index (κ3) is 8.58. The summed E-state index contributed by atoms with van der Waals surface area (Å²) in [5, 5.41) is 5.94. The number of rotatable bonds is 11. The van der Waals surface area contributed by atoms with Gasteiger partial charge in [0.1, 0.15) is 0 Å². The van der Waals surface area contributed by atoms with Gasteiger partial charge in [-0.1, -0.05) is 38.8 Å². The molecule has 5 nitrogen and oxygen atoms in total. The third-order valence-electron chi connectivity index (χ3n) is 4.31. The summed E-state index contributed by atoms with van der Waals surface area (Å²) in [4.78, 5) is 29.8. The molecule has 29 heavy (non-hydrogen) atoms. The summed E-state index contributed by atoms with van der Waals surface area (Å²) in [7, 11) is 0. The fourth-order valence-corrected chi connectivity index (χ4v) is 4.47. The zero-order valence-corrected chi connectivity index (χ0v) is 19.2. The Hall–Kier alpha value is -1.86. The number of aryl methyl sites for hydroxylation is 1. The fourth-order valence-electron chi connectivity index (χ4n) is 2.82. The molecule has 0 aliphatic carbocycles. The molecule has 0 bridgehead atoms. The van der Waals surface area contributed by atoms with Gasteiger partial charge in [0.2, 0.25) is 0 Å². The molecule has 0 aliphatic rings. The van der Waals surface area contributed by atoms with Crippen molar-refractivity contribution in [3.63, 3.8) is 0 Å². The zero-order chi connectivity index (χ0) is 21.2. The van der Waals surface area contributed by atoms with Gasteiger partial charge in [0.05, 0.1) is 16.3 Å². The van der Waals surface area contributed by atoms with Crippen LogP contribution in [-0.2, 0) is 15.3 Å². The molecule has 1 heterocycles. The second-order valence-electron chi connectivity index (χ2n) is 7.51. The smallest absolute Gasteiger partial charge is 0.339 e. The van der Waals surface area contributed by atoms with E-state index in [0.717, 1.165) is 34.9 Å². The number of hydrogen-bond acceptors (Lipinski definition) is 6. The topological polar surface area (TPSA) is 68.3 Å². The Labute approximate surface area is 181 Å². The molecule has 0 saturated carbocycles. The Bertz CT molecular complexity index is 805. The van der Waals surface area contributed by atoms with Gasteiger partial charge in [0, 0.05) is 22.1 Å². The Balaban J connectivity index is 1.81. The number of thiazole rings is 1. The van der Waals surface area contributed by atoms with Crippen molar-refractivity contribution in [1.82, 2.24) is 10.3 Å². The second-order valence-corrected chi connectivity index (χ2v) is 9.59. The maximum Gasteiger partial charge on any atom is 0.339 e. The first-order valence-electron chi connectivity index (χ1n) is 9.94. The van der Waals surface area contributed by atoms with E-state index in [9.17, 15) is 9.59 Å². The largest absolute Gasteiger partial charge is 0.452 e. The summed E-state index contributed by atoms with van der Waals surface area (Å²) in [6.45, 7) is 8.07. The van der Waals surface area contributed by atoms with Gasteiger partial charge >= 0.3 is 5.97 Å². The zero-order valence-electron chi connectivity index (χ0n) is 17.6. The number of ether oxygens (including phenoxy) is 1. The first-order chi connectivity index (χ1) is 13.8. The fraction of sp³-hybridized carbons (Fsp3) is 0.500. The number of aromatic nitrogens is 1. The number of nitrogens with one attached hydrogen (secondary N) is 1. The predicted molar refractivity (Wildman–Crippen MR) is 119 cm³/mol. The van der Waals surface area contributed by atoms with Crippen molar-refractivity contribution in [2.75, 3.05) is 6.61 Å². The molecule has 7 heteroatoms. The van der Waals surface area contributed by atoms with Crippen LogP contribution >= 0.6 is 23.1 Å². The van der Waals surface area contributed by atoms with Crippen LogP contribution in [0.4, 0.5) is 0 Å². The summed E-state index contributed by atoms with van der Waals surface area (Å²) >= 11 is 3.15. The molecular weight excluding hydrogens is 404 g/mol. The van der Waals surface area contributed by atoms with Crippen molar-refractivity contribution >= 4 is 35.0 Å². The average molecular weight is 435 g/mol. The molecule has 0 aliphatic heterocycles. The number of carbonyl (C=O) groups excluding carboxylic acids is 2. The van der Waals surface area contributed by atoms with Crippen LogP contribution in [0.1, 0.15) is 61.1 Å². The number of thioether (sulfide) groups is 1. The molecule has 1 aromatic heterocycles. The van der Waals surface area contributed by atoms with Gasteiger partial charge in [-0.3, -0.25) is 4.79 Å². The van der Waals surface area contributed by atoms with Crippen LogP contribution in [-0.4, -0.2) is 29.5 Å². The minimum Gasteiger partial charge on any atom is -0.452 e. The van der Waals surface area contributed by atoms with Gasteiger partial charge in [-0.25, -0.2) is 9.78 Å². The van der Waals surface area contributed by atoms with E-state index in [-0.39, 0.29) is 18.6 Å². The van der Waals surface area contributed by atoms with Crippen LogP contribution in [0.2, 0.25) is 0 Å². The summed E-state index contributed by atoms with van der Waals surface area (Å²) in [5.74, 6) is 0.600. The maximum atomic E-state index is 12.5. The van der Waals surface area contributed by atoms with E-state index < -0.39 is 5.97 Å². The number of amides is 1. The maximum absolute atomic E-state index is 12.5. The normalized spacial score (nSPS) is 12.0. The molecule has 0 radical (unpaired) electrons. The molecule has 2 aromatic rings. The Morgan fingerprint density at radius 2 is 1.97 bits per heavy atom. The predicted octanol–water partition coefficient (Wildman–Crippen LogP) is 5.23. The summed E-state index contributed by atoms with van der Waals surface area (Å²) < 4.78 is 5.25. The van der Waals surface area contributed by atoms with Gasteiger partial charge in [-0.15, -0.1) is 23.1 Å². The second kappa shape index (κ2) is 12.0. The van der Waals surface area contributed by atoms with Crippen molar-refractivity contribution in [1.29, 1.82) is 0 Å². The number of benzene rings is 1. The molecule has 1 atom stereocenters. The lowest BCUT2D eigenvalue weighted by molar-refractivity contribution is -0.124. The van der Waals surface area contributed by atoms with E-state index in [2.05, 4.69) is 24.1 Å². The molecule has 1 unspecified atom stereocenters. The van der Waals surface area contributed by atoms with Gasteiger partial charge < -0.3 is 10.1 Å². The van der Waals surface area contributed by atoms with Crippen LogP contribution in [0.15, 0.2) is 34.5 Å². The molecule has 0 saturated heterocycles. The highest BCUT2D eigenvalue weighted by Gasteiger charge is 2.16. The minimum absolute atomic E-state index is 0.0735. The van der Waals surface area contributed by atoms with Crippen molar-refractivity contribution < 1.29 is 14.3 Å². The van der Waals surface area contributed by atoms with E-state index in [1.165, 1.54) is 0 Å². The SMILES string of the molecule is Cc1nc(CSc2ccccc2C(=O)OCC(=O)NC(C)CCCC(C)C)cs1. The average Bonchev–Trinajstić information content (AvgIpc) is 3.09. The lowest BCUT2D eigenvalue weighted by atomic mass is 10.0. The van der Waals surface area contributed by atoms with Crippen molar-refractivity contribution in [3.05, 3.63) is 45.9 Å². The molecule has 1 amide bonds. The molecule has 1 aromatic carbocycles. The lowest BCUT2D eigenvalue weighted by Gasteiger charge is -2.15. The summed E-state index contributed by atoms with van der Waals surface area (Å²) in [6.07, 6.45) is 3.14. The van der Waals surface area contributed by atoms with Gasteiger partial charge in [-0.2, -0.15) is 0 Å². The first kappa shape index (κ1) is 23.4. The molecule has 0 spiro atoms. The molecule has 0 fully saturated rings. The quantitative estimate of drug-likeness (QED) is 0.387. The van der Waals surface area contributed by atoms with E-state index >= 15 is 0 Å². The van der Waals surface area contributed by atoms with Crippen LogP contribution in [0, 0.1) is 12.8 Å². The van der Waals surface area contributed by atoms with Crippen LogP contribution < -0.4 is 5.32 Å². The molecule has 158 valence electrons. The van der Waals surface area contributed by atoms with E-state index in [1.807, 2.05) is 31.4 Å². The van der Waals surface area contributed by atoms with Gasteiger partial charge in [-0.05, 0) is 38.3 Å². The lowest BCUT2D eigenvalue weighted by Crippen LogP contribution is -2.35. The van der Waals surface area contributed by atoms with E-state index in [4.69, 9.17) is 4.74 Å². The minimum atomic E-state index is -0.481. The van der Waals surface area contributed by atoms with Gasteiger partial charge in [0.25, 0.3) is 5.91 Å². The number of esters is 1. The van der Waals surface area contributed by atoms with Crippen molar-refractivity contribution in [3.8, 4) is 0 Å². The molecule has 1 N–H and O–H groups in total. The third-order valence-corrected chi connectivity index (χ3v) is 6.24. The Morgan fingerprint density at radius 3 is 2.66 bits per heavy atom. The Kier molecular flexibility index (Phi) is 9.67. The Morgan fingerprint density at radius 1 is 1.21 bits per heavy atom. The summed E-state index contributed by atoms with van der Waals surface area (Å²) in [5.41, 5.74) is 1.47. The number of hydrogen-bond donors (Lipinski definition) is 1. The molecule has 2 rings (SSSR count). The molecular formula is C22H30N2O3S2. The van der Waals surface area contributed by atoms with Crippen LogP contribution in [0.25, 0.3) is 0 Å². The highest BCUT2D eigenvalue weighted by atomic mass is 32.2. The number of nitrogens with zero attached hydrogens (tertiary/aromatic N) is 1. The highest BCUT2D eigenvalue weighted by Crippen LogP contribution is 2.27. The highest BCUT2D eigenvalue weighted by molar-refractivity contribution is 7.98.